The second-order valence-electron chi connectivity index (χ2n) is 4.22. The van der Waals surface area contributed by atoms with Crippen molar-refractivity contribution < 1.29 is 9.53 Å². The summed E-state index contributed by atoms with van der Waals surface area (Å²) in [5.74, 6) is 0.408. The van der Waals surface area contributed by atoms with Gasteiger partial charge in [0.05, 0.1) is 12.6 Å². The summed E-state index contributed by atoms with van der Waals surface area (Å²) in [4.78, 5) is 11.8. The maximum absolute atomic E-state index is 11.8. The van der Waals surface area contributed by atoms with Crippen LogP contribution >= 0.6 is 0 Å². The first kappa shape index (κ1) is 12.5. The number of amides is 1. The van der Waals surface area contributed by atoms with Gasteiger partial charge in [-0.3, -0.25) is 4.79 Å². The highest BCUT2D eigenvalue weighted by molar-refractivity contribution is 5.79. The Hall–Kier alpha value is -0.610. The van der Waals surface area contributed by atoms with E-state index in [9.17, 15) is 4.79 Å². The molecule has 1 saturated carbocycles. The lowest BCUT2D eigenvalue weighted by molar-refractivity contribution is -0.125. The molecule has 15 heavy (non-hydrogen) atoms. The van der Waals surface area contributed by atoms with Gasteiger partial charge >= 0.3 is 0 Å². The van der Waals surface area contributed by atoms with Crippen molar-refractivity contribution in [3.63, 3.8) is 0 Å². The van der Waals surface area contributed by atoms with Crippen LogP contribution in [0.1, 0.15) is 32.1 Å². The van der Waals surface area contributed by atoms with E-state index >= 15 is 0 Å². The van der Waals surface area contributed by atoms with Crippen LogP contribution in [0.25, 0.3) is 0 Å². The zero-order valence-corrected chi connectivity index (χ0v) is 9.50. The average molecular weight is 214 g/mol. The number of nitrogens with two attached hydrogens (primary N) is 1. The fourth-order valence-corrected chi connectivity index (χ4v) is 2.11. The van der Waals surface area contributed by atoms with Crippen molar-refractivity contribution in [2.24, 2.45) is 11.7 Å². The highest BCUT2D eigenvalue weighted by Gasteiger charge is 2.24. The summed E-state index contributed by atoms with van der Waals surface area (Å²) in [6.45, 7) is 1.13. The Balaban J connectivity index is 2.31. The minimum absolute atomic E-state index is 0.0769. The molecule has 0 bridgehead atoms. The lowest BCUT2D eigenvalue weighted by Crippen LogP contribution is -2.42. The van der Waals surface area contributed by atoms with Crippen molar-refractivity contribution in [1.82, 2.24) is 5.32 Å². The fourth-order valence-electron chi connectivity index (χ4n) is 2.11. The summed E-state index contributed by atoms with van der Waals surface area (Å²) < 4.78 is 5.05. The lowest BCUT2D eigenvalue weighted by atomic mass is 10.1. The molecule has 0 aliphatic heterocycles. The first-order chi connectivity index (χ1) is 7.27. The Morgan fingerprint density at radius 1 is 1.53 bits per heavy atom. The second-order valence-corrected chi connectivity index (χ2v) is 4.22. The van der Waals surface area contributed by atoms with Gasteiger partial charge < -0.3 is 15.8 Å². The molecule has 1 rings (SSSR count). The molecule has 1 amide bonds. The van der Waals surface area contributed by atoms with E-state index < -0.39 is 0 Å². The van der Waals surface area contributed by atoms with Gasteiger partial charge in [-0.1, -0.05) is 12.8 Å². The van der Waals surface area contributed by atoms with E-state index in [2.05, 4.69) is 5.32 Å². The molecule has 1 aliphatic rings. The van der Waals surface area contributed by atoms with E-state index in [1.54, 1.807) is 7.11 Å². The molecular weight excluding hydrogens is 192 g/mol. The van der Waals surface area contributed by atoms with Gasteiger partial charge in [-0.15, -0.1) is 0 Å². The standard InChI is InChI=1S/C11H22N2O2/c1-15-8-10(6-7-12)13-11(14)9-4-2-3-5-9/h9-10H,2-8,12H2,1H3,(H,13,14). The summed E-state index contributed by atoms with van der Waals surface area (Å²) in [5.41, 5.74) is 5.48. The normalized spacial score (nSPS) is 19.1. The Morgan fingerprint density at radius 3 is 2.73 bits per heavy atom. The SMILES string of the molecule is COCC(CCN)NC(=O)C1CCCC1. The molecule has 88 valence electrons. The first-order valence-electron chi connectivity index (χ1n) is 5.77. The molecular formula is C11H22N2O2. The van der Waals surface area contributed by atoms with E-state index in [-0.39, 0.29) is 17.9 Å². The van der Waals surface area contributed by atoms with Gasteiger partial charge in [-0.25, -0.2) is 0 Å². The number of carbonyl (C=O) groups is 1. The molecule has 0 radical (unpaired) electrons. The predicted molar refractivity (Wildman–Crippen MR) is 59.4 cm³/mol. The molecule has 0 aromatic rings. The maximum atomic E-state index is 11.8. The van der Waals surface area contributed by atoms with Crippen LogP contribution in [0.4, 0.5) is 0 Å². The first-order valence-corrected chi connectivity index (χ1v) is 5.77. The third kappa shape index (κ3) is 4.18. The van der Waals surface area contributed by atoms with Crippen molar-refractivity contribution in [2.75, 3.05) is 20.3 Å². The van der Waals surface area contributed by atoms with Crippen molar-refractivity contribution in [1.29, 1.82) is 0 Å². The minimum Gasteiger partial charge on any atom is -0.383 e. The van der Waals surface area contributed by atoms with Crippen LogP contribution < -0.4 is 11.1 Å². The van der Waals surface area contributed by atoms with Crippen LogP contribution in [0.15, 0.2) is 0 Å². The molecule has 1 fully saturated rings. The number of methoxy groups -OCH3 is 1. The van der Waals surface area contributed by atoms with Crippen molar-refractivity contribution in [3.8, 4) is 0 Å². The predicted octanol–water partition coefficient (Wildman–Crippen LogP) is 0.657. The molecule has 0 aromatic heterocycles. The number of rotatable bonds is 6. The quantitative estimate of drug-likeness (QED) is 0.682. The number of ether oxygens (including phenoxy) is 1. The maximum Gasteiger partial charge on any atom is 0.223 e. The molecule has 1 unspecified atom stereocenters. The van der Waals surface area contributed by atoms with Gasteiger partial charge in [0.1, 0.15) is 0 Å². The van der Waals surface area contributed by atoms with Gasteiger partial charge in [0.2, 0.25) is 5.91 Å². The van der Waals surface area contributed by atoms with Crippen LogP contribution in [0, 0.1) is 5.92 Å². The molecule has 1 aliphatic carbocycles. The Morgan fingerprint density at radius 2 is 2.20 bits per heavy atom. The van der Waals surface area contributed by atoms with Crippen LogP contribution in [0.5, 0.6) is 0 Å². The molecule has 0 spiro atoms. The highest BCUT2D eigenvalue weighted by Crippen LogP contribution is 2.24. The van der Waals surface area contributed by atoms with Gasteiger partial charge in [-0.05, 0) is 25.8 Å². The van der Waals surface area contributed by atoms with E-state index in [0.29, 0.717) is 13.2 Å². The number of hydrogen-bond acceptors (Lipinski definition) is 3. The third-order valence-corrected chi connectivity index (χ3v) is 2.96. The number of hydrogen-bond donors (Lipinski definition) is 2. The minimum atomic E-state index is 0.0769. The monoisotopic (exact) mass is 214 g/mol. The number of carbonyl (C=O) groups excluding carboxylic acids is 1. The Bertz CT molecular complexity index is 185. The molecule has 1 atom stereocenters. The van der Waals surface area contributed by atoms with Gasteiger partial charge in [0.15, 0.2) is 0 Å². The molecule has 4 heteroatoms. The van der Waals surface area contributed by atoms with Crippen LogP contribution in [0.2, 0.25) is 0 Å². The fraction of sp³-hybridized carbons (Fsp3) is 0.909. The summed E-state index contributed by atoms with van der Waals surface area (Å²) in [7, 11) is 1.64. The Labute approximate surface area is 91.5 Å². The molecule has 0 heterocycles. The number of nitrogens with one attached hydrogen (secondary N) is 1. The smallest absolute Gasteiger partial charge is 0.223 e. The molecule has 4 nitrogen and oxygen atoms in total. The average Bonchev–Trinajstić information content (AvgIpc) is 2.71. The van der Waals surface area contributed by atoms with Crippen molar-refractivity contribution in [2.45, 2.75) is 38.1 Å². The highest BCUT2D eigenvalue weighted by atomic mass is 16.5. The topological polar surface area (TPSA) is 64.3 Å². The van der Waals surface area contributed by atoms with Crippen molar-refractivity contribution >= 4 is 5.91 Å². The lowest BCUT2D eigenvalue weighted by Gasteiger charge is -2.19. The second kappa shape index (κ2) is 6.80. The Kier molecular flexibility index (Phi) is 5.65. The summed E-state index contributed by atoms with van der Waals surface area (Å²) in [6.07, 6.45) is 5.22. The van der Waals surface area contributed by atoms with Gasteiger partial charge in [0.25, 0.3) is 0 Å². The largest absolute Gasteiger partial charge is 0.383 e. The molecule has 3 N–H and O–H groups in total. The van der Waals surface area contributed by atoms with Crippen LogP contribution in [-0.4, -0.2) is 32.2 Å². The van der Waals surface area contributed by atoms with E-state index in [1.165, 1.54) is 12.8 Å². The van der Waals surface area contributed by atoms with E-state index in [4.69, 9.17) is 10.5 Å². The van der Waals surface area contributed by atoms with Gasteiger partial charge in [0, 0.05) is 13.0 Å². The molecule has 0 saturated heterocycles. The van der Waals surface area contributed by atoms with E-state index in [1.807, 2.05) is 0 Å². The van der Waals surface area contributed by atoms with Crippen LogP contribution in [-0.2, 0) is 9.53 Å². The summed E-state index contributed by atoms with van der Waals surface area (Å²) in [5, 5.41) is 3.02. The van der Waals surface area contributed by atoms with E-state index in [0.717, 1.165) is 19.3 Å². The third-order valence-electron chi connectivity index (χ3n) is 2.96. The van der Waals surface area contributed by atoms with Crippen LogP contribution in [0.3, 0.4) is 0 Å². The zero-order chi connectivity index (χ0) is 11.1. The summed E-state index contributed by atoms with van der Waals surface area (Å²) in [6, 6.07) is 0.0769. The molecule has 0 aromatic carbocycles. The zero-order valence-electron chi connectivity index (χ0n) is 9.50. The van der Waals surface area contributed by atoms with Crippen molar-refractivity contribution in [3.05, 3.63) is 0 Å². The summed E-state index contributed by atoms with van der Waals surface area (Å²) >= 11 is 0. The van der Waals surface area contributed by atoms with Gasteiger partial charge in [-0.2, -0.15) is 0 Å².